The van der Waals surface area contributed by atoms with E-state index in [0.29, 0.717) is 23.3 Å². The zero-order valence-corrected chi connectivity index (χ0v) is 15.6. The molecule has 0 radical (unpaired) electrons. The maximum Gasteiger partial charge on any atom is 0.269 e. The summed E-state index contributed by atoms with van der Waals surface area (Å²) < 4.78 is 3.41. The lowest BCUT2D eigenvalue weighted by molar-refractivity contribution is 0.830. The molecule has 0 amide bonds. The Kier molecular flexibility index (Phi) is 4.26. The van der Waals surface area contributed by atoms with Crippen LogP contribution in [-0.4, -0.2) is 19.3 Å². The normalized spacial score (nSPS) is 11.0. The van der Waals surface area contributed by atoms with Crippen LogP contribution >= 0.6 is 0 Å². The van der Waals surface area contributed by atoms with Crippen LogP contribution in [0, 0.1) is 0 Å². The number of hydrogen-bond acceptors (Lipinski definition) is 3. The summed E-state index contributed by atoms with van der Waals surface area (Å²) in [6.07, 6.45) is 2.14. The van der Waals surface area contributed by atoms with Crippen molar-refractivity contribution in [1.29, 1.82) is 0 Å². The largest absolute Gasteiger partial charge is 0.269 e. The van der Waals surface area contributed by atoms with Crippen molar-refractivity contribution in [3.05, 3.63) is 119 Å². The molecule has 0 fully saturated rings. The van der Waals surface area contributed by atoms with Gasteiger partial charge in [-0.15, -0.1) is 0 Å². The molecule has 2 aromatic heterocycles. The summed E-state index contributed by atoms with van der Waals surface area (Å²) in [6, 6.07) is 29.4. The molecular weight excluding hydrogens is 360 g/mol. The highest BCUT2D eigenvalue weighted by Crippen LogP contribution is 2.18. The zero-order valence-electron chi connectivity index (χ0n) is 15.6. The van der Waals surface area contributed by atoms with Gasteiger partial charge < -0.3 is 0 Å². The fraction of sp³-hybridized carbons (Fsp3) is 0.0417. The molecule has 0 N–H and O–H groups in total. The Balaban J connectivity index is 1.78. The molecule has 5 heteroatoms. The van der Waals surface area contributed by atoms with Gasteiger partial charge >= 0.3 is 0 Å². The topological polar surface area (TPSA) is 52.7 Å². The van der Waals surface area contributed by atoms with Crippen molar-refractivity contribution in [2.24, 2.45) is 0 Å². The third-order valence-corrected chi connectivity index (χ3v) is 4.89. The molecular formula is C24H18N4O. The van der Waals surface area contributed by atoms with Crippen molar-refractivity contribution < 1.29 is 0 Å². The highest BCUT2D eigenvalue weighted by molar-refractivity contribution is 5.76. The van der Waals surface area contributed by atoms with Crippen LogP contribution in [0.5, 0.6) is 0 Å². The smallest absolute Gasteiger partial charge is 0.268 e. The van der Waals surface area contributed by atoms with Gasteiger partial charge in [0.05, 0.1) is 17.6 Å². The molecule has 5 nitrogen and oxygen atoms in total. The second-order valence-corrected chi connectivity index (χ2v) is 6.80. The van der Waals surface area contributed by atoms with E-state index in [0.717, 1.165) is 16.9 Å². The van der Waals surface area contributed by atoms with E-state index in [1.807, 2.05) is 91.0 Å². The Bertz CT molecular complexity index is 1320. The molecule has 0 atom stereocenters. The molecule has 140 valence electrons. The summed E-state index contributed by atoms with van der Waals surface area (Å²) in [6.45, 7) is 0. The van der Waals surface area contributed by atoms with Crippen LogP contribution in [0.2, 0.25) is 0 Å². The van der Waals surface area contributed by atoms with Gasteiger partial charge in [-0.05, 0) is 29.8 Å². The van der Waals surface area contributed by atoms with Crippen LogP contribution in [0.15, 0.2) is 102 Å². The molecule has 0 saturated carbocycles. The summed E-state index contributed by atoms with van der Waals surface area (Å²) in [4.78, 5) is 18.4. The maximum absolute atomic E-state index is 13.5. The average Bonchev–Trinajstić information content (AvgIpc) is 3.20. The minimum atomic E-state index is -0.116. The van der Waals surface area contributed by atoms with Gasteiger partial charge in [0.25, 0.3) is 5.56 Å². The molecule has 29 heavy (non-hydrogen) atoms. The molecule has 0 bridgehead atoms. The first-order valence-corrected chi connectivity index (χ1v) is 9.46. The van der Waals surface area contributed by atoms with E-state index >= 15 is 0 Å². The maximum atomic E-state index is 13.5. The zero-order chi connectivity index (χ0) is 19.6. The lowest BCUT2D eigenvalue weighted by atomic mass is 10.1. The van der Waals surface area contributed by atoms with Crippen LogP contribution in [-0.2, 0) is 6.42 Å². The van der Waals surface area contributed by atoms with Gasteiger partial charge in [-0.3, -0.25) is 9.36 Å². The predicted molar refractivity (Wildman–Crippen MR) is 114 cm³/mol. The van der Waals surface area contributed by atoms with Crippen LogP contribution < -0.4 is 5.56 Å². The standard InChI is InChI=1S/C24H18N4O/c29-24-21-17-25-28(20-14-8-3-9-15-20)23(21)26-22(16-18-10-4-1-5-11-18)27(24)19-12-6-2-7-13-19/h1-15,17H,16H2. The first-order valence-electron chi connectivity index (χ1n) is 9.46. The third-order valence-electron chi connectivity index (χ3n) is 4.89. The highest BCUT2D eigenvalue weighted by Gasteiger charge is 2.17. The van der Waals surface area contributed by atoms with Crippen molar-refractivity contribution in [2.75, 3.05) is 0 Å². The molecule has 0 aliphatic rings. The van der Waals surface area contributed by atoms with E-state index in [2.05, 4.69) is 5.10 Å². The van der Waals surface area contributed by atoms with Crippen molar-refractivity contribution in [2.45, 2.75) is 6.42 Å². The number of nitrogens with zero attached hydrogens (tertiary/aromatic N) is 4. The number of rotatable bonds is 4. The Morgan fingerprint density at radius 1 is 0.724 bits per heavy atom. The van der Waals surface area contributed by atoms with Gasteiger partial charge in [-0.25, -0.2) is 9.67 Å². The van der Waals surface area contributed by atoms with E-state index in [-0.39, 0.29) is 5.56 Å². The Morgan fingerprint density at radius 3 is 1.97 bits per heavy atom. The second-order valence-electron chi connectivity index (χ2n) is 6.80. The first kappa shape index (κ1) is 17.1. The lowest BCUT2D eigenvalue weighted by Crippen LogP contribution is -2.24. The van der Waals surface area contributed by atoms with E-state index < -0.39 is 0 Å². The van der Waals surface area contributed by atoms with Crippen LogP contribution in [0.1, 0.15) is 11.4 Å². The quantitative estimate of drug-likeness (QED) is 0.472. The van der Waals surface area contributed by atoms with E-state index in [4.69, 9.17) is 4.98 Å². The molecule has 0 saturated heterocycles. The molecule has 0 aliphatic carbocycles. The molecule has 0 aliphatic heterocycles. The number of aromatic nitrogens is 4. The molecule has 0 spiro atoms. The van der Waals surface area contributed by atoms with E-state index in [1.165, 1.54) is 0 Å². The average molecular weight is 378 g/mol. The van der Waals surface area contributed by atoms with Gasteiger partial charge in [0.1, 0.15) is 11.2 Å². The molecule has 3 aromatic carbocycles. The van der Waals surface area contributed by atoms with Crippen molar-refractivity contribution in [1.82, 2.24) is 19.3 Å². The second kappa shape index (κ2) is 7.20. The molecule has 2 heterocycles. The fourth-order valence-corrected chi connectivity index (χ4v) is 3.51. The minimum Gasteiger partial charge on any atom is -0.268 e. The van der Waals surface area contributed by atoms with E-state index in [9.17, 15) is 4.79 Å². The Labute approximate surface area is 167 Å². The summed E-state index contributed by atoms with van der Waals surface area (Å²) in [7, 11) is 0. The van der Waals surface area contributed by atoms with Crippen LogP contribution in [0.4, 0.5) is 0 Å². The summed E-state index contributed by atoms with van der Waals surface area (Å²) in [5, 5.41) is 4.95. The molecule has 5 aromatic rings. The lowest BCUT2D eigenvalue weighted by Gasteiger charge is -2.13. The van der Waals surface area contributed by atoms with Crippen molar-refractivity contribution in [3.63, 3.8) is 0 Å². The number of fused-ring (bicyclic) bond motifs is 1. The van der Waals surface area contributed by atoms with Crippen LogP contribution in [0.3, 0.4) is 0 Å². The third kappa shape index (κ3) is 3.12. The van der Waals surface area contributed by atoms with Crippen molar-refractivity contribution in [3.8, 4) is 11.4 Å². The van der Waals surface area contributed by atoms with Crippen molar-refractivity contribution >= 4 is 11.0 Å². The highest BCUT2D eigenvalue weighted by atomic mass is 16.1. The van der Waals surface area contributed by atoms with Crippen LogP contribution in [0.25, 0.3) is 22.4 Å². The number of benzene rings is 3. The number of para-hydroxylation sites is 2. The van der Waals surface area contributed by atoms with Gasteiger partial charge in [0.15, 0.2) is 5.65 Å². The van der Waals surface area contributed by atoms with Gasteiger partial charge in [-0.1, -0.05) is 66.7 Å². The summed E-state index contributed by atoms with van der Waals surface area (Å²) in [5.74, 6) is 0.678. The summed E-state index contributed by atoms with van der Waals surface area (Å²) in [5.41, 5.74) is 3.21. The van der Waals surface area contributed by atoms with Gasteiger partial charge in [-0.2, -0.15) is 5.10 Å². The summed E-state index contributed by atoms with van der Waals surface area (Å²) >= 11 is 0. The van der Waals surface area contributed by atoms with E-state index in [1.54, 1.807) is 15.4 Å². The molecule has 0 unspecified atom stereocenters. The minimum absolute atomic E-state index is 0.116. The SMILES string of the molecule is O=c1c2cnn(-c3ccccc3)c2nc(Cc2ccccc2)n1-c1ccccc1. The van der Waals surface area contributed by atoms with Gasteiger partial charge in [0.2, 0.25) is 0 Å². The monoisotopic (exact) mass is 378 g/mol. The predicted octanol–water partition coefficient (Wildman–Crippen LogP) is 4.16. The Morgan fingerprint density at radius 2 is 1.31 bits per heavy atom. The fourth-order valence-electron chi connectivity index (χ4n) is 3.51. The first-order chi connectivity index (χ1) is 14.3. The Hall–Kier alpha value is -3.99. The van der Waals surface area contributed by atoms with Gasteiger partial charge in [0, 0.05) is 6.42 Å². The molecule has 5 rings (SSSR count). The number of hydrogen-bond donors (Lipinski definition) is 0.